The molecule has 1 heterocycles. The van der Waals surface area contributed by atoms with Crippen LogP contribution >= 0.6 is 0 Å². The van der Waals surface area contributed by atoms with E-state index in [0.29, 0.717) is 12.3 Å². The van der Waals surface area contributed by atoms with Gasteiger partial charge in [-0.25, -0.2) is 0 Å². The summed E-state index contributed by atoms with van der Waals surface area (Å²) in [5, 5.41) is 4.23. The summed E-state index contributed by atoms with van der Waals surface area (Å²) in [6, 6.07) is 10.6. The minimum absolute atomic E-state index is 0.0423. The van der Waals surface area contributed by atoms with Crippen LogP contribution in [0.2, 0.25) is 0 Å². The molecule has 0 bridgehead atoms. The molecule has 1 saturated carbocycles. The summed E-state index contributed by atoms with van der Waals surface area (Å²) in [5.74, 6) is 1.49. The summed E-state index contributed by atoms with van der Waals surface area (Å²) in [4.78, 5) is 4.61. The lowest BCUT2D eigenvalue weighted by molar-refractivity contribution is 0.270. The summed E-state index contributed by atoms with van der Waals surface area (Å²) in [6.45, 7) is 2.07. The molecule has 0 radical (unpaired) electrons. The Hall–Kier alpha value is -1.68. The van der Waals surface area contributed by atoms with Gasteiger partial charge in [0.15, 0.2) is 5.82 Å². The second-order valence-electron chi connectivity index (χ2n) is 5.69. The van der Waals surface area contributed by atoms with Crippen LogP contribution in [0.1, 0.15) is 49.9 Å². The first kappa shape index (κ1) is 13.3. The number of aromatic nitrogens is 2. The molecule has 4 heteroatoms. The van der Waals surface area contributed by atoms with E-state index in [0.717, 1.165) is 25.1 Å². The van der Waals surface area contributed by atoms with Gasteiger partial charge >= 0.3 is 0 Å². The van der Waals surface area contributed by atoms with E-state index in [1.807, 2.05) is 6.07 Å². The van der Waals surface area contributed by atoms with Gasteiger partial charge < -0.3 is 10.3 Å². The van der Waals surface area contributed by atoms with Crippen LogP contribution < -0.4 is 5.73 Å². The highest BCUT2D eigenvalue weighted by molar-refractivity contribution is 5.35. The lowest BCUT2D eigenvalue weighted by atomic mass is 9.64. The Morgan fingerprint density at radius 2 is 2.05 bits per heavy atom. The van der Waals surface area contributed by atoms with Crippen LogP contribution in [-0.2, 0) is 11.8 Å². The molecule has 1 aliphatic rings. The maximum atomic E-state index is 5.95. The van der Waals surface area contributed by atoms with Crippen molar-refractivity contribution in [2.45, 2.75) is 50.5 Å². The van der Waals surface area contributed by atoms with Crippen molar-refractivity contribution < 1.29 is 4.52 Å². The standard InChI is InChI=1S/C16H21N3O/c1-2-13(17)11-14-18-15(19-20-14)16(9-6-10-16)12-7-4-3-5-8-12/h3-5,7-8,13H,2,6,9-11,17H2,1H3. The molecule has 0 spiro atoms. The Labute approximate surface area is 119 Å². The summed E-state index contributed by atoms with van der Waals surface area (Å²) in [7, 11) is 0. The summed E-state index contributed by atoms with van der Waals surface area (Å²) in [5.41, 5.74) is 7.20. The van der Waals surface area contributed by atoms with Crippen LogP contribution in [0.3, 0.4) is 0 Å². The molecule has 1 aliphatic carbocycles. The Morgan fingerprint density at radius 3 is 2.65 bits per heavy atom. The molecular formula is C16H21N3O. The quantitative estimate of drug-likeness (QED) is 0.908. The number of benzene rings is 1. The zero-order chi connectivity index (χ0) is 14.0. The highest BCUT2D eigenvalue weighted by Crippen LogP contribution is 2.47. The van der Waals surface area contributed by atoms with E-state index in [4.69, 9.17) is 10.3 Å². The van der Waals surface area contributed by atoms with Crippen molar-refractivity contribution in [1.29, 1.82) is 0 Å². The second kappa shape index (κ2) is 5.37. The first-order valence-electron chi connectivity index (χ1n) is 7.39. The van der Waals surface area contributed by atoms with Gasteiger partial charge in [-0.3, -0.25) is 0 Å². The minimum Gasteiger partial charge on any atom is -0.339 e. The van der Waals surface area contributed by atoms with Crippen molar-refractivity contribution in [3.8, 4) is 0 Å². The van der Waals surface area contributed by atoms with E-state index in [9.17, 15) is 0 Å². The molecule has 1 unspecified atom stereocenters. The Kier molecular flexibility index (Phi) is 3.57. The predicted octanol–water partition coefficient (Wildman–Crippen LogP) is 2.82. The first-order valence-corrected chi connectivity index (χ1v) is 7.39. The average molecular weight is 271 g/mol. The normalized spacial score (nSPS) is 18.5. The molecule has 0 amide bonds. The van der Waals surface area contributed by atoms with Crippen molar-refractivity contribution in [3.63, 3.8) is 0 Å². The van der Waals surface area contributed by atoms with Crippen LogP contribution in [0.4, 0.5) is 0 Å². The molecule has 3 rings (SSSR count). The van der Waals surface area contributed by atoms with E-state index >= 15 is 0 Å². The van der Waals surface area contributed by atoms with Gasteiger partial charge in [0.25, 0.3) is 0 Å². The van der Waals surface area contributed by atoms with Crippen molar-refractivity contribution in [2.75, 3.05) is 0 Å². The number of hydrogen-bond donors (Lipinski definition) is 1. The van der Waals surface area contributed by atoms with Crippen LogP contribution in [0, 0.1) is 0 Å². The molecular weight excluding hydrogens is 250 g/mol. The summed E-state index contributed by atoms with van der Waals surface area (Å²) >= 11 is 0. The van der Waals surface area contributed by atoms with Crippen molar-refractivity contribution in [2.24, 2.45) is 5.73 Å². The van der Waals surface area contributed by atoms with Gasteiger partial charge in [-0.15, -0.1) is 0 Å². The third-order valence-corrected chi connectivity index (χ3v) is 4.39. The molecule has 1 aromatic carbocycles. The fourth-order valence-corrected chi connectivity index (χ4v) is 2.83. The largest absolute Gasteiger partial charge is 0.339 e. The highest BCUT2D eigenvalue weighted by Gasteiger charge is 2.44. The van der Waals surface area contributed by atoms with E-state index in [2.05, 4.69) is 41.3 Å². The Bertz CT molecular complexity index is 560. The molecule has 4 nitrogen and oxygen atoms in total. The van der Waals surface area contributed by atoms with Crippen molar-refractivity contribution >= 4 is 0 Å². The molecule has 2 N–H and O–H groups in total. The lowest BCUT2D eigenvalue weighted by Crippen LogP contribution is -2.36. The molecule has 0 aliphatic heterocycles. The average Bonchev–Trinajstić information content (AvgIpc) is 2.87. The van der Waals surface area contributed by atoms with Crippen LogP contribution in [-0.4, -0.2) is 16.2 Å². The molecule has 20 heavy (non-hydrogen) atoms. The topological polar surface area (TPSA) is 64.9 Å². The third-order valence-electron chi connectivity index (χ3n) is 4.39. The SMILES string of the molecule is CCC(N)Cc1nc(C2(c3ccccc3)CCC2)no1. The number of nitrogens with two attached hydrogens (primary N) is 1. The fourth-order valence-electron chi connectivity index (χ4n) is 2.83. The molecule has 1 atom stereocenters. The van der Waals surface area contributed by atoms with Crippen LogP contribution in [0.15, 0.2) is 34.9 Å². The predicted molar refractivity (Wildman–Crippen MR) is 77.3 cm³/mol. The van der Waals surface area contributed by atoms with E-state index < -0.39 is 0 Å². The Balaban J connectivity index is 1.87. The molecule has 1 aromatic heterocycles. The van der Waals surface area contributed by atoms with E-state index in [-0.39, 0.29) is 11.5 Å². The van der Waals surface area contributed by atoms with Gasteiger partial charge in [0.05, 0.1) is 5.41 Å². The van der Waals surface area contributed by atoms with Crippen molar-refractivity contribution in [3.05, 3.63) is 47.6 Å². The van der Waals surface area contributed by atoms with E-state index in [1.54, 1.807) is 0 Å². The van der Waals surface area contributed by atoms with Crippen molar-refractivity contribution in [1.82, 2.24) is 10.1 Å². The van der Waals surface area contributed by atoms with Gasteiger partial charge in [0.2, 0.25) is 5.89 Å². The number of rotatable bonds is 5. The molecule has 1 fully saturated rings. The minimum atomic E-state index is -0.0423. The van der Waals surface area contributed by atoms with E-state index in [1.165, 1.54) is 12.0 Å². The third kappa shape index (κ3) is 2.24. The maximum absolute atomic E-state index is 5.95. The summed E-state index contributed by atoms with van der Waals surface area (Å²) < 4.78 is 5.40. The fraction of sp³-hybridized carbons (Fsp3) is 0.500. The van der Waals surface area contributed by atoms with Crippen LogP contribution in [0.25, 0.3) is 0 Å². The lowest BCUT2D eigenvalue weighted by Gasteiger charge is -2.39. The van der Waals surface area contributed by atoms with Gasteiger partial charge in [-0.2, -0.15) is 4.98 Å². The van der Waals surface area contributed by atoms with Crippen LogP contribution in [0.5, 0.6) is 0 Å². The Morgan fingerprint density at radius 1 is 1.30 bits per heavy atom. The maximum Gasteiger partial charge on any atom is 0.228 e. The molecule has 0 saturated heterocycles. The molecule has 2 aromatic rings. The van der Waals surface area contributed by atoms with Gasteiger partial charge in [0, 0.05) is 12.5 Å². The molecule has 106 valence electrons. The smallest absolute Gasteiger partial charge is 0.228 e. The highest BCUT2D eigenvalue weighted by atomic mass is 16.5. The van der Waals surface area contributed by atoms with Gasteiger partial charge in [0.1, 0.15) is 0 Å². The number of hydrogen-bond acceptors (Lipinski definition) is 4. The number of nitrogens with zero attached hydrogens (tertiary/aromatic N) is 2. The zero-order valence-electron chi connectivity index (χ0n) is 11.9. The van der Waals surface area contributed by atoms with Gasteiger partial charge in [-0.1, -0.05) is 48.8 Å². The second-order valence-corrected chi connectivity index (χ2v) is 5.69. The monoisotopic (exact) mass is 271 g/mol. The van der Waals surface area contributed by atoms with Gasteiger partial charge in [-0.05, 0) is 24.8 Å². The zero-order valence-corrected chi connectivity index (χ0v) is 11.9. The first-order chi connectivity index (χ1) is 9.74. The summed E-state index contributed by atoms with van der Waals surface area (Å²) in [6.07, 6.45) is 4.98.